The Labute approximate surface area is 108 Å². The van der Waals surface area contributed by atoms with Gasteiger partial charge in [0.05, 0.1) is 5.52 Å². The van der Waals surface area contributed by atoms with Crippen molar-refractivity contribution >= 4 is 16.8 Å². The molecule has 2 aromatic rings. The quantitative estimate of drug-likeness (QED) is 0.815. The van der Waals surface area contributed by atoms with Crippen molar-refractivity contribution < 1.29 is 4.79 Å². The Morgan fingerprint density at radius 3 is 2.50 bits per heavy atom. The van der Waals surface area contributed by atoms with Gasteiger partial charge in [0.2, 0.25) is 0 Å². The molecule has 1 amide bonds. The maximum Gasteiger partial charge on any atom is 0.270 e. The maximum atomic E-state index is 12.4. The molecule has 0 unspecified atom stereocenters. The number of carbonyl (C=O) groups excluding carboxylic acids is 1. The molecular weight excluding hydrogens is 224 g/mol. The lowest BCUT2D eigenvalue weighted by Crippen LogP contribution is -2.31. The Kier molecular flexibility index (Phi) is 3.41. The summed E-state index contributed by atoms with van der Waals surface area (Å²) in [6.45, 7) is 7.59. The van der Waals surface area contributed by atoms with Gasteiger partial charge in [0.1, 0.15) is 5.69 Å². The second-order valence-corrected chi connectivity index (χ2v) is 4.58. The Hall–Kier alpha value is -1.77. The van der Waals surface area contributed by atoms with Crippen LogP contribution in [-0.2, 0) is 7.05 Å². The van der Waals surface area contributed by atoms with E-state index in [1.165, 1.54) is 5.56 Å². The third-order valence-electron chi connectivity index (χ3n) is 3.53. The van der Waals surface area contributed by atoms with E-state index in [2.05, 4.69) is 19.1 Å². The zero-order valence-corrected chi connectivity index (χ0v) is 11.5. The van der Waals surface area contributed by atoms with Crippen LogP contribution in [0, 0.1) is 6.92 Å². The molecule has 0 saturated carbocycles. The SMILES string of the molecule is CCN(CC)C(=O)c1cc2cccc(C)c2n1C. The number of amides is 1. The lowest BCUT2D eigenvalue weighted by molar-refractivity contribution is 0.0764. The number of benzene rings is 1. The smallest absolute Gasteiger partial charge is 0.270 e. The molecule has 1 aromatic heterocycles. The Bertz CT molecular complexity index is 579. The lowest BCUT2D eigenvalue weighted by atomic mass is 10.2. The molecule has 18 heavy (non-hydrogen) atoms. The summed E-state index contributed by atoms with van der Waals surface area (Å²) in [5.41, 5.74) is 3.12. The van der Waals surface area contributed by atoms with Crippen LogP contribution in [0.5, 0.6) is 0 Å². The molecule has 0 atom stereocenters. The molecule has 96 valence electrons. The van der Waals surface area contributed by atoms with Gasteiger partial charge >= 0.3 is 0 Å². The molecule has 1 heterocycles. The van der Waals surface area contributed by atoms with Crippen LogP contribution in [0.15, 0.2) is 24.3 Å². The average Bonchev–Trinajstić information content (AvgIpc) is 2.69. The summed E-state index contributed by atoms with van der Waals surface area (Å²) in [5.74, 6) is 0.109. The van der Waals surface area contributed by atoms with Crippen molar-refractivity contribution in [1.82, 2.24) is 9.47 Å². The number of carbonyl (C=O) groups is 1. The molecule has 0 aliphatic carbocycles. The predicted octanol–water partition coefficient (Wildman–Crippen LogP) is 2.97. The summed E-state index contributed by atoms with van der Waals surface area (Å²) < 4.78 is 2.01. The van der Waals surface area contributed by atoms with E-state index in [1.807, 2.05) is 42.5 Å². The van der Waals surface area contributed by atoms with E-state index in [4.69, 9.17) is 0 Å². The highest BCUT2D eigenvalue weighted by molar-refractivity contribution is 5.99. The number of para-hydroxylation sites is 1. The van der Waals surface area contributed by atoms with Crippen molar-refractivity contribution in [3.8, 4) is 0 Å². The van der Waals surface area contributed by atoms with E-state index in [9.17, 15) is 4.79 Å². The minimum Gasteiger partial charge on any atom is -0.339 e. The third kappa shape index (κ3) is 1.90. The highest BCUT2D eigenvalue weighted by Gasteiger charge is 2.18. The second-order valence-electron chi connectivity index (χ2n) is 4.58. The number of rotatable bonds is 3. The molecule has 0 saturated heterocycles. The molecule has 2 rings (SSSR count). The summed E-state index contributed by atoms with van der Waals surface area (Å²) in [7, 11) is 1.96. The molecule has 0 aliphatic rings. The van der Waals surface area contributed by atoms with Crippen molar-refractivity contribution in [2.45, 2.75) is 20.8 Å². The zero-order chi connectivity index (χ0) is 13.3. The van der Waals surface area contributed by atoms with E-state index in [-0.39, 0.29) is 5.91 Å². The number of aromatic nitrogens is 1. The summed E-state index contributed by atoms with van der Waals surface area (Å²) in [6.07, 6.45) is 0. The van der Waals surface area contributed by atoms with Gasteiger partial charge in [-0.05, 0) is 32.4 Å². The molecule has 0 fully saturated rings. The fraction of sp³-hybridized carbons (Fsp3) is 0.400. The van der Waals surface area contributed by atoms with Gasteiger partial charge in [0.15, 0.2) is 0 Å². The van der Waals surface area contributed by atoms with Gasteiger partial charge in [0.25, 0.3) is 5.91 Å². The predicted molar refractivity (Wildman–Crippen MR) is 74.9 cm³/mol. The zero-order valence-electron chi connectivity index (χ0n) is 11.5. The molecule has 0 bridgehead atoms. The fourth-order valence-corrected chi connectivity index (χ4v) is 2.50. The highest BCUT2D eigenvalue weighted by Crippen LogP contribution is 2.22. The average molecular weight is 244 g/mol. The molecule has 0 radical (unpaired) electrons. The van der Waals surface area contributed by atoms with Crippen molar-refractivity contribution in [2.75, 3.05) is 13.1 Å². The molecule has 3 nitrogen and oxygen atoms in total. The number of nitrogens with zero attached hydrogens (tertiary/aromatic N) is 2. The van der Waals surface area contributed by atoms with Crippen LogP contribution >= 0.6 is 0 Å². The largest absolute Gasteiger partial charge is 0.339 e. The summed E-state index contributed by atoms with van der Waals surface area (Å²) in [6, 6.07) is 8.15. The van der Waals surface area contributed by atoms with Gasteiger partial charge in [-0.2, -0.15) is 0 Å². The first kappa shape index (κ1) is 12.7. The van der Waals surface area contributed by atoms with Crippen LogP contribution in [0.25, 0.3) is 10.9 Å². The number of fused-ring (bicyclic) bond motifs is 1. The van der Waals surface area contributed by atoms with Crippen LogP contribution in [-0.4, -0.2) is 28.5 Å². The maximum absolute atomic E-state index is 12.4. The van der Waals surface area contributed by atoms with Gasteiger partial charge in [-0.1, -0.05) is 18.2 Å². The minimum atomic E-state index is 0.109. The first-order chi connectivity index (χ1) is 8.60. The lowest BCUT2D eigenvalue weighted by Gasteiger charge is -2.18. The molecule has 0 aliphatic heterocycles. The highest BCUT2D eigenvalue weighted by atomic mass is 16.2. The van der Waals surface area contributed by atoms with E-state index < -0.39 is 0 Å². The van der Waals surface area contributed by atoms with Crippen molar-refractivity contribution in [1.29, 1.82) is 0 Å². The Morgan fingerprint density at radius 1 is 1.28 bits per heavy atom. The molecule has 0 N–H and O–H groups in total. The van der Waals surface area contributed by atoms with E-state index in [1.54, 1.807) is 0 Å². The van der Waals surface area contributed by atoms with E-state index >= 15 is 0 Å². The molecule has 1 aromatic carbocycles. The third-order valence-corrected chi connectivity index (χ3v) is 3.53. The van der Waals surface area contributed by atoms with Crippen molar-refractivity contribution in [3.63, 3.8) is 0 Å². The first-order valence-electron chi connectivity index (χ1n) is 6.44. The first-order valence-corrected chi connectivity index (χ1v) is 6.44. The van der Waals surface area contributed by atoms with Gasteiger partial charge < -0.3 is 9.47 Å². The topological polar surface area (TPSA) is 25.2 Å². The van der Waals surface area contributed by atoms with E-state index in [0.29, 0.717) is 0 Å². The van der Waals surface area contributed by atoms with Gasteiger partial charge in [-0.25, -0.2) is 0 Å². The summed E-state index contributed by atoms with van der Waals surface area (Å²) >= 11 is 0. The summed E-state index contributed by atoms with van der Waals surface area (Å²) in [4.78, 5) is 14.3. The Balaban J connectivity index is 2.56. The second kappa shape index (κ2) is 4.84. The number of hydrogen-bond donors (Lipinski definition) is 0. The van der Waals surface area contributed by atoms with Gasteiger partial charge in [-0.3, -0.25) is 4.79 Å². The fourth-order valence-electron chi connectivity index (χ4n) is 2.50. The number of aryl methyl sites for hydroxylation is 2. The normalized spacial score (nSPS) is 10.9. The number of hydrogen-bond acceptors (Lipinski definition) is 1. The monoisotopic (exact) mass is 244 g/mol. The minimum absolute atomic E-state index is 0.109. The Morgan fingerprint density at radius 2 is 1.94 bits per heavy atom. The standard InChI is InChI=1S/C15H20N2O/c1-5-17(6-2)15(18)13-10-12-9-7-8-11(3)14(12)16(13)4/h7-10H,5-6H2,1-4H3. The van der Waals surface area contributed by atoms with Crippen LogP contribution in [0.2, 0.25) is 0 Å². The van der Waals surface area contributed by atoms with Gasteiger partial charge in [0, 0.05) is 25.5 Å². The summed E-state index contributed by atoms with van der Waals surface area (Å²) in [5, 5.41) is 1.13. The van der Waals surface area contributed by atoms with Crippen molar-refractivity contribution in [3.05, 3.63) is 35.5 Å². The van der Waals surface area contributed by atoms with Gasteiger partial charge in [-0.15, -0.1) is 0 Å². The molecule has 3 heteroatoms. The van der Waals surface area contributed by atoms with Crippen molar-refractivity contribution in [2.24, 2.45) is 7.05 Å². The van der Waals surface area contributed by atoms with Crippen LogP contribution < -0.4 is 0 Å². The molecular formula is C15H20N2O. The van der Waals surface area contributed by atoms with E-state index in [0.717, 1.165) is 29.7 Å². The van der Waals surface area contributed by atoms with Crippen LogP contribution in [0.1, 0.15) is 29.9 Å². The van der Waals surface area contributed by atoms with Crippen LogP contribution in [0.3, 0.4) is 0 Å². The van der Waals surface area contributed by atoms with Crippen LogP contribution in [0.4, 0.5) is 0 Å². The molecule has 0 spiro atoms.